The first-order valence-electron chi connectivity index (χ1n) is 20.9. The number of unbranched alkanes of at least 4 members (excludes halogenated alkanes) is 28. The van der Waals surface area contributed by atoms with Crippen molar-refractivity contribution in [3.05, 3.63) is 37.0 Å². The van der Waals surface area contributed by atoms with Crippen molar-refractivity contribution in [2.75, 3.05) is 0 Å². The van der Waals surface area contributed by atoms with E-state index in [1.54, 1.807) is 0 Å². The number of allylic oxidation sites excluding steroid dienone is 2. The molecule has 2 aliphatic heterocycles. The average molecular weight is 701 g/mol. The highest BCUT2D eigenvalue weighted by atomic mass is 16.6. The zero-order chi connectivity index (χ0) is 36.8. The molecule has 1 atom stereocenters. The Hall–Kier alpha value is -2.50. The summed E-state index contributed by atoms with van der Waals surface area (Å²) in [6.07, 6.45) is 49.9. The number of carbonyl (C=O) groups excluding carboxylic acids is 4. The molecule has 2 rings (SSSR count). The van der Waals surface area contributed by atoms with E-state index in [0.29, 0.717) is 0 Å². The minimum absolute atomic E-state index is 0.216. The highest BCUT2D eigenvalue weighted by Crippen LogP contribution is 2.18. The molecule has 0 N–H and O–H groups in total. The average Bonchev–Trinajstić information content (AvgIpc) is 3.65. The third kappa shape index (κ3) is 34.0. The maximum atomic E-state index is 11.3. The molecule has 1 unspecified atom stereocenters. The number of ether oxygens (including phenoxy) is 2. The summed E-state index contributed by atoms with van der Waals surface area (Å²) in [5.41, 5.74) is 0. The molecular formula is C44H76O6. The smallest absolute Gasteiger partial charge is 0.338 e. The quantitative estimate of drug-likeness (QED) is 0.0310. The molecule has 0 aromatic carbocycles. The summed E-state index contributed by atoms with van der Waals surface area (Å²) < 4.78 is 8.50. The molecule has 0 aromatic heterocycles. The molecule has 6 nitrogen and oxygen atoms in total. The lowest BCUT2D eigenvalue weighted by Gasteiger charge is -2.03. The van der Waals surface area contributed by atoms with Crippen molar-refractivity contribution in [3.8, 4) is 0 Å². The van der Waals surface area contributed by atoms with Gasteiger partial charge in [-0.15, -0.1) is 6.58 Å². The monoisotopic (exact) mass is 701 g/mol. The normalized spacial score (nSPS) is 15.1. The van der Waals surface area contributed by atoms with E-state index in [9.17, 15) is 19.2 Å². The second kappa shape index (κ2) is 37.7. The molecule has 2 aliphatic rings. The van der Waals surface area contributed by atoms with Crippen molar-refractivity contribution in [1.82, 2.24) is 0 Å². The predicted octanol–water partition coefficient (Wildman–Crippen LogP) is 13.2. The Morgan fingerprint density at radius 2 is 0.860 bits per heavy atom. The van der Waals surface area contributed by atoms with Gasteiger partial charge in [0.1, 0.15) is 0 Å². The van der Waals surface area contributed by atoms with Crippen LogP contribution in [0, 0.1) is 5.92 Å². The van der Waals surface area contributed by atoms with E-state index in [-0.39, 0.29) is 18.3 Å². The molecule has 0 aliphatic carbocycles. The van der Waals surface area contributed by atoms with Crippen LogP contribution in [0.25, 0.3) is 0 Å². The summed E-state index contributed by atoms with van der Waals surface area (Å²) in [6, 6.07) is 0. The zero-order valence-electron chi connectivity index (χ0n) is 32.5. The Morgan fingerprint density at radius 1 is 0.520 bits per heavy atom. The van der Waals surface area contributed by atoms with E-state index in [1.165, 1.54) is 186 Å². The Balaban J connectivity index is 0.000000830. The summed E-state index contributed by atoms with van der Waals surface area (Å²) in [4.78, 5) is 42.1. The first-order valence-corrected chi connectivity index (χ1v) is 20.9. The van der Waals surface area contributed by atoms with Gasteiger partial charge in [-0.2, -0.15) is 0 Å². The molecule has 0 aromatic rings. The Labute approximate surface area is 307 Å². The van der Waals surface area contributed by atoms with Crippen molar-refractivity contribution in [2.24, 2.45) is 5.92 Å². The lowest BCUT2D eigenvalue weighted by atomic mass is 10.0. The first-order chi connectivity index (χ1) is 24.4. The van der Waals surface area contributed by atoms with Crippen LogP contribution in [0.4, 0.5) is 0 Å². The van der Waals surface area contributed by atoms with E-state index >= 15 is 0 Å². The van der Waals surface area contributed by atoms with Crippen molar-refractivity contribution < 1.29 is 28.7 Å². The Bertz CT molecular complexity index is 888. The minimum Gasteiger partial charge on any atom is -0.393 e. The van der Waals surface area contributed by atoms with Crippen LogP contribution < -0.4 is 0 Å². The predicted molar refractivity (Wildman–Crippen MR) is 209 cm³/mol. The van der Waals surface area contributed by atoms with Gasteiger partial charge < -0.3 is 9.47 Å². The van der Waals surface area contributed by atoms with Gasteiger partial charge in [0.05, 0.1) is 12.3 Å². The Kier molecular flexibility index (Phi) is 35.9. The first kappa shape index (κ1) is 47.5. The number of rotatable bonds is 31. The molecule has 1 fully saturated rings. The van der Waals surface area contributed by atoms with Crippen LogP contribution in [0.2, 0.25) is 0 Å². The van der Waals surface area contributed by atoms with Crippen LogP contribution in [0.1, 0.15) is 213 Å². The molecule has 0 saturated carbocycles. The van der Waals surface area contributed by atoms with Crippen molar-refractivity contribution in [1.29, 1.82) is 0 Å². The van der Waals surface area contributed by atoms with Gasteiger partial charge in [0.2, 0.25) is 0 Å². The zero-order valence-corrected chi connectivity index (χ0v) is 32.5. The van der Waals surface area contributed by atoms with Crippen LogP contribution in [0.15, 0.2) is 37.0 Å². The second-order valence-electron chi connectivity index (χ2n) is 14.2. The van der Waals surface area contributed by atoms with Gasteiger partial charge in [-0.25, -0.2) is 9.59 Å². The van der Waals surface area contributed by atoms with Gasteiger partial charge in [0.15, 0.2) is 0 Å². The third-order valence-corrected chi connectivity index (χ3v) is 9.31. The van der Waals surface area contributed by atoms with Crippen molar-refractivity contribution in [2.45, 2.75) is 213 Å². The molecular weight excluding hydrogens is 624 g/mol. The van der Waals surface area contributed by atoms with Gasteiger partial charge >= 0.3 is 23.9 Å². The Morgan fingerprint density at radius 3 is 1.14 bits per heavy atom. The largest absolute Gasteiger partial charge is 0.393 e. The van der Waals surface area contributed by atoms with Gasteiger partial charge in [-0.05, 0) is 25.7 Å². The van der Waals surface area contributed by atoms with Gasteiger partial charge in [0.25, 0.3) is 0 Å². The molecule has 0 bridgehead atoms. The molecule has 288 valence electrons. The SMILES string of the molecule is C=CCCCCCCCCCCCCCCCC.CCCCCCCCCCCCCCCC/C=C/C1CC(=O)OC1=O.O=C1C=CC(=O)O1. The number of hydrogen-bond donors (Lipinski definition) is 0. The summed E-state index contributed by atoms with van der Waals surface area (Å²) in [5, 5.41) is 0. The van der Waals surface area contributed by atoms with Gasteiger partial charge in [-0.3, -0.25) is 9.59 Å². The molecule has 0 spiro atoms. The van der Waals surface area contributed by atoms with E-state index in [1.807, 2.05) is 18.2 Å². The molecule has 6 heteroatoms. The molecule has 50 heavy (non-hydrogen) atoms. The van der Waals surface area contributed by atoms with Crippen LogP contribution in [0.5, 0.6) is 0 Å². The van der Waals surface area contributed by atoms with E-state index in [0.717, 1.165) is 18.6 Å². The summed E-state index contributed by atoms with van der Waals surface area (Å²) in [7, 11) is 0. The maximum absolute atomic E-state index is 11.3. The molecule has 2 heterocycles. The lowest BCUT2D eigenvalue weighted by molar-refractivity contribution is -0.153. The van der Waals surface area contributed by atoms with E-state index in [2.05, 4.69) is 29.9 Å². The number of esters is 4. The van der Waals surface area contributed by atoms with Crippen LogP contribution in [-0.4, -0.2) is 23.9 Å². The minimum atomic E-state index is -0.579. The molecule has 0 radical (unpaired) electrons. The summed E-state index contributed by atoms with van der Waals surface area (Å²) in [5.74, 6) is -2.27. The standard InChI is InChI=1S/C22H38O3.C18H36.C4H2O3/c1-2-3-4-5-6-7-8-9-10-11-12-13-14-15-16-17-18-20-19-21(23)25-22(20)24;1-3-5-7-9-11-13-15-17-18-16-14-12-10-8-6-4-2;5-3-1-2-4(6)7-3/h17-18,20H,2-16,19H2,1H3;3H,1,4-18H2,2H3;1-2H/b18-17+;;. The lowest BCUT2D eigenvalue weighted by Crippen LogP contribution is -2.03. The fraction of sp³-hybridized carbons (Fsp3) is 0.773. The van der Waals surface area contributed by atoms with Gasteiger partial charge in [-0.1, -0.05) is 199 Å². The van der Waals surface area contributed by atoms with E-state index < -0.39 is 17.9 Å². The maximum Gasteiger partial charge on any atom is 0.338 e. The number of carbonyl (C=O) groups is 4. The topological polar surface area (TPSA) is 86.7 Å². The molecule has 1 saturated heterocycles. The highest BCUT2D eigenvalue weighted by Gasteiger charge is 2.30. The second-order valence-corrected chi connectivity index (χ2v) is 14.2. The number of cyclic esters (lactones) is 4. The summed E-state index contributed by atoms with van der Waals surface area (Å²) in [6.45, 7) is 8.32. The third-order valence-electron chi connectivity index (χ3n) is 9.31. The number of hydrogen-bond acceptors (Lipinski definition) is 6. The van der Waals surface area contributed by atoms with Crippen LogP contribution >= 0.6 is 0 Å². The molecule has 0 amide bonds. The summed E-state index contributed by atoms with van der Waals surface area (Å²) >= 11 is 0. The van der Waals surface area contributed by atoms with Crippen LogP contribution in [-0.2, 0) is 28.7 Å². The van der Waals surface area contributed by atoms with E-state index in [4.69, 9.17) is 0 Å². The fourth-order valence-corrected chi connectivity index (χ4v) is 6.14. The van der Waals surface area contributed by atoms with Crippen molar-refractivity contribution in [3.63, 3.8) is 0 Å². The highest BCUT2D eigenvalue weighted by molar-refractivity contribution is 6.04. The van der Waals surface area contributed by atoms with Gasteiger partial charge in [0, 0.05) is 12.2 Å². The fourth-order valence-electron chi connectivity index (χ4n) is 6.14. The van der Waals surface area contributed by atoms with Crippen LogP contribution in [0.3, 0.4) is 0 Å². The van der Waals surface area contributed by atoms with Crippen molar-refractivity contribution >= 4 is 23.9 Å².